The Balaban J connectivity index is 1.54. The molecule has 0 spiro atoms. The minimum atomic E-state index is -3.83. The van der Waals surface area contributed by atoms with Crippen molar-refractivity contribution in [1.82, 2.24) is 25.5 Å². The van der Waals surface area contributed by atoms with Crippen LogP contribution in [-0.4, -0.2) is 36.0 Å². The van der Waals surface area contributed by atoms with E-state index in [-0.39, 0.29) is 22.8 Å². The maximum Gasteiger partial charge on any atom is 0.269 e. The number of carbonyl (C=O) groups is 2. The molecule has 0 radical (unpaired) electrons. The lowest BCUT2D eigenvalue weighted by molar-refractivity contribution is -0.119. The smallest absolute Gasteiger partial charge is 0.269 e. The second-order valence-electron chi connectivity index (χ2n) is 7.06. The normalized spacial score (nSPS) is 11.1. The van der Waals surface area contributed by atoms with Crippen LogP contribution in [0.4, 0.5) is 0 Å². The molecule has 0 unspecified atom stereocenters. The predicted molar refractivity (Wildman–Crippen MR) is 125 cm³/mol. The van der Waals surface area contributed by atoms with Crippen molar-refractivity contribution in [1.29, 1.82) is 0 Å². The van der Waals surface area contributed by atoms with Crippen molar-refractivity contribution < 1.29 is 18.0 Å². The van der Waals surface area contributed by atoms with E-state index in [0.717, 1.165) is 28.7 Å². The lowest BCUT2D eigenvalue weighted by Gasteiger charge is -2.10. The zero-order chi connectivity index (χ0) is 23.8. The SMILES string of the molecule is Cc1cc(C)nc(SCC(=O)NNC(=O)c2cccc(S(=O)(=O)NCc3ccccc3)c2)n1. The largest absolute Gasteiger partial charge is 0.272 e. The molecular formula is C22H23N5O4S2. The molecule has 9 nitrogen and oxygen atoms in total. The summed E-state index contributed by atoms with van der Waals surface area (Å²) in [5, 5.41) is 0.467. The Bertz CT molecular complexity index is 1230. The summed E-state index contributed by atoms with van der Waals surface area (Å²) in [4.78, 5) is 32.9. The Hall–Kier alpha value is -3.28. The van der Waals surface area contributed by atoms with Crippen molar-refractivity contribution in [3.8, 4) is 0 Å². The zero-order valence-electron chi connectivity index (χ0n) is 18.0. The number of thioether (sulfide) groups is 1. The standard InChI is InChI=1S/C22H23N5O4S2/c1-15-11-16(2)25-22(24-15)32-14-20(28)26-27-21(29)18-9-6-10-19(12-18)33(30,31)23-13-17-7-4-3-5-8-17/h3-12,23H,13-14H2,1-2H3,(H,26,28)(H,27,29). The first-order valence-corrected chi connectivity index (χ1v) is 12.4. The number of nitrogens with zero attached hydrogens (tertiary/aromatic N) is 2. The van der Waals surface area contributed by atoms with Gasteiger partial charge in [-0.05, 0) is 43.7 Å². The Morgan fingerprint density at radius 3 is 2.30 bits per heavy atom. The van der Waals surface area contributed by atoms with E-state index in [4.69, 9.17) is 0 Å². The van der Waals surface area contributed by atoms with Gasteiger partial charge in [0.15, 0.2) is 5.16 Å². The molecule has 0 atom stereocenters. The monoisotopic (exact) mass is 485 g/mol. The van der Waals surface area contributed by atoms with Gasteiger partial charge in [0.25, 0.3) is 5.91 Å². The van der Waals surface area contributed by atoms with Gasteiger partial charge in [0.2, 0.25) is 15.9 Å². The van der Waals surface area contributed by atoms with Gasteiger partial charge in [-0.15, -0.1) is 0 Å². The van der Waals surface area contributed by atoms with Crippen LogP contribution >= 0.6 is 11.8 Å². The highest BCUT2D eigenvalue weighted by atomic mass is 32.2. The van der Waals surface area contributed by atoms with Crippen molar-refractivity contribution >= 4 is 33.6 Å². The van der Waals surface area contributed by atoms with E-state index < -0.39 is 21.8 Å². The van der Waals surface area contributed by atoms with Crippen LogP contribution in [0.15, 0.2) is 70.7 Å². The van der Waals surface area contributed by atoms with Gasteiger partial charge in [0.05, 0.1) is 10.6 Å². The minimum Gasteiger partial charge on any atom is -0.272 e. The van der Waals surface area contributed by atoms with Crippen LogP contribution in [0.25, 0.3) is 0 Å². The molecule has 1 heterocycles. The number of aromatic nitrogens is 2. The number of nitrogens with one attached hydrogen (secondary N) is 3. The molecule has 3 rings (SSSR count). The summed E-state index contributed by atoms with van der Waals surface area (Å²) in [7, 11) is -3.83. The van der Waals surface area contributed by atoms with Crippen molar-refractivity contribution in [2.75, 3.05) is 5.75 Å². The fraction of sp³-hybridized carbons (Fsp3) is 0.182. The van der Waals surface area contributed by atoms with E-state index in [1.54, 1.807) is 12.1 Å². The third kappa shape index (κ3) is 7.38. The van der Waals surface area contributed by atoms with Crippen molar-refractivity contribution in [2.45, 2.75) is 30.4 Å². The number of hydrogen-bond donors (Lipinski definition) is 3. The summed E-state index contributed by atoms with van der Waals surface area (Å²) in [5.74, 6) is -1.10. The molecule has 0 fully saturated rings. The van der Waals surface area contributed by atoms with Crippen LogP contribution in [0.3, 0.4) is 0 Å². The van der Waals surface area contributed by atoms with Gasteiger partial charge in [0, 0.05) is 23.5 Å². The van der Waals surface area contributed by atoms with E-state index in [9.17, 15) is 18.0 Å². The maximum atomic E-state index is 12.6. The molecule has 0 aliphatic rings. The highest BCUT2D eigenvalue weighted by Crippen LogP contribution is 2.14. The van der Waals surface area contributed by atoms with Gasteiger partial charge < -0.3 is 0 Å². The lowest BCUT2D eigenvalue weighted by atomic mass is 10.2. The second-order valence-corrected chi connectivity index (χ2v) is 9.77. The lowest BCUT2D eigenvalue weighted by Crippen LogP contribution is -2.42. The van der Waals surface area contributed by atoms with E-state index in [2.05, 4.69) is 25.5 Å². The number of sulfonamides is 1. The maximum absolute atomic E-state index is 12.6. The number of amides is 2. The third-order valence-electron chi connectivity index (χ3n) is 4.33. The molecular weight excluding hydrogens is 462 g/mol. The second kappa shape index (κ2) is 11.0. The summed E-state index contributed by atoms with van der Waals surface area (Å²) < 4.78 is 27.7. The molecule has 1 aromatic heterocycles. The fourth-order valence-corrected chi connectivity index (χ4v) is 4.60. The van der Waals surface area contributed by atoms with Crippen LogP contribution < -0.4 is 15.6 Å². The average molecular weight is 486 g/mol. The molecule has 11 heteroatoms. The Morgan fingerprint density at radius 2 is 1.61 bits per heavy atom. The van der Waals surface area contributed by atoms with E-state index in [1.165, 1.54) is 24.3 Å². The first-order valence-electron chi connectivity index (χ1n) is 9.91. The quantitative estimate of drug-likeness (QED) is 0.253. The van der Waals surface area contributed by atoms with E-state index in [1.807, 2.05) is 38.1 Å². The molecule has 3 N–H and O–H groups in total. The predicted octanol–water partition coefficient (Wildman–Crippen LogP) is 2.13. The Morgan fingerprint density at radius 1 is 0.909 bits per heavy atom. The number of hydrazine groups is 1. The number of benzene rings is 2. The van der Waals surface area contributed by atoms with Gasteiger partial charge in [-0.2, -0.15) is 0 Å². The number of carbonyl (C=O) groups excluding carboxylic acids is 2. The van der Waals surface area contributed by atoms with Crippen LogP contribution in [0.1, 0.15) is 27.3 Å². The number of rotatable bonds is 8. The summed E-state index contributed by atoms with van der Waals surface area (Å²) >= 11 is 1.14. The van der Waals surface area contributed by atoms with Gasteiger partial charge in [-0.1, -0.05) is 48.2 Å². The van der Waals surface area contributed by atoms with Gasteiger partial charge in [-0.3, -0.25) is 20.4 Å². The van der Waals surface area contributed by atoms with Crippen molar-refractivity contribution in [3.63, 3.8) is 0 Å². The molecule has 0 bridgehead atoms. The molecule has 33 heavy (non-hydrogen) atoms. The highest BCUT2D eigenvalue weighted by molar-refractivity contribution is 7.99. The summed E-state index contributed by atoms with van der Waals surface area (Å²) in [5.41, 5.74) is 7.08. The summed E-state index contributed by atoms with van der Waals surface area (Å²) in [6.45, 7) is 3.80. The third-order valence-corrected chi connectivity index (χ3v) is 6.57. The molecule has 2 aromatic carbocycles. The molecule has 3 aromatic rings. The average Bonchev–Trinajstić information content (AvgIpc) is 2.80. The minimum absolute atomic E-state index is 0.000990. The Labute approximate surface area is 196 Å². The van der Waals surface area contributed by atoms with E-state index in [0.29, 0.717) is 5.16 Å². The van der Waals surface area contributed by atoms with Crippen LogP contribution in [0.5, 0.6) is 0 Å². The van der Waals surface area contributed by atoms with Gasteiger partial charge in [-0.25, -0.2) is 23.1 Å². The zero-order valence-corrected chi connectivity index (χ0v) is 19.7. The van der Waals surface area contributed by atoms with Gasteiger partial charge in [0.1, 0.15) is 0 Å². The Kier molecular flexibility index (Phi) is 8.15. The molecule has 0 aliphatic heterocycles. The van der Waals surface area contributed by atoms with Gasteiger partial charge >= 0.3 is 0 Å². The topological polar surface area (TPSA) is 130 Å². The molecule has 2 amide bonds. The van der Waals surface area contributed by atoms with Crippen LogP contribution in [0.2, 0.25) is 0 Å². The van der Waals surface area contributed by atoms with Crippen LogP contribution in [0, 0.1) is 13.8 Å². The summed E-state index contributed by atoms with van der Waals surface area (Å²) in [6, 6.07) is 16.5. The number of hydrogen-bond acceptors (Lipinski definition) is 7. The molecule has 0 aliphatic carbocycles. The first-order chi connectivity index (χ1) is 15.7. The van der Waals surface area contributed by atoms with Crippen molar-refractivity contribution in [2.24, 2.45) is 0 Å². The highest BCUT2D eigenvalue weighted by Gasteiger charge is 2.16. The van der Waals surface area contributed by atoms with E-state index >= 15 is 0 Å². The molecule has 172 valence electrons. The fourth-order valence-electron chi connectivity index (χ4n) is 2.78. The summed E-state index contributed by atoms with van der Waals surface area (Å²) in [6.07, 6.45) is 0. The number of aryl methyl sites for hydroxylation is 2. The molecule has 0 saturated carbocycles. The molecule has 0 saturated heterocycles. The van der Waals surface area contributed by atoms with Crippen molar-refractivity contribution in [3.05, 3.63) is 83.2 Å². The van der Waals surface area contributed by atoms with Crippen LogP contribution in [-0.2, 0) is 21.4 Å². The first kappa shape index (κ1) is 24.4.